The number of benzene rings is 2. The van der Waals surface area contributed by atoms with E-state index < -0.39 is 0 Å². The SMILES string of the molecule is C=Cc1cccc(Nc2ccnc(C)c2-c2ccccc2)c1.CC. The van der Waals surface area contributed by atoms with Crippen molar-refractivity contribution in [3.8, 4) is 11.1 Å². The predicted octanol–water partition coefficient (Wildman–Crippen LogP) is 6.47. The molecule has 0 aliphatic heterocycles. The summed E-state index contributed by atoms with van der Waals surface area (Å²) in [6.45, 7) is 9.86. The summed E-state index contributed by atoms with van der Waals surface area (Å²) in [7, 11) is 0. The highest BCUT2D eigenvalue weighted by molar-refractivity contribution is 5.82. The van der Waals surface area contributed by atoms with Gasteiger partial charge in [0.15, 0.2) is 0 Å². The summed E-state index contributed by atoms with van der Waals surface area (Å²) in [6.07, 6.45) is 3.68. The summed E-state index contributed by atoms with van der Waals surface area (Å²) < 4.78 is 0. The highest BCUT2D eigenvalue weighted by Gasteiger charge is 2.09. The Bertz CT molecular complexity index is 792. The predicted molar refractivity (Wildman–Crippen MR) is 106 cm³/mol. The summed E-state index contributed by atoms with van der Waals surface area (Å²) in [5.74, 6) is 0. The van der Waals surface area contributed by atoms with Gasteiger partial charge < -0.3 is 5.32 Å². The molecule has 0 atom stereocenters. The highest BCUT2D eigenvalue weighted by atomic mass is 14.9. The van der Waals surface area contributed by atoms with Crippen LogP contribution in [0.5, 0.6) is 0 Å². The van der Waals surface area contributed by atoms with Crippen molar-refractivity contribution in [1.82, 2.24) is 4.98 Å². The number of rotatable bonds is 4. The van der Waals surface area contributed by atoms with Gasteiger partial charge in [0, 0.05) is 28.8 Å². The van der Waals surface area contributed by atoms with Crippen LogP contribution in [0, 0.1) is 6.92 Å². The number of hydrogen-bond donors (Lipinski definition) is 1. The molecule has 0 fully saturated rings. The van der Waals surface area contributed by atoms with E-state index >= 15 is 0 Å². The quantitative estimate of drug-likeness (QED) is 0.596. The lowest BCUT2D eigenvalue weighted by Crippen LogP contribution is -1.97. The van der Waals surface area contributed by atoms with Crippen molar-refractivity contribution in [1.29, 1.82) is 0 Å². The molecule has 2 aromatic carbocycles. The number of aromatic nitrogens is 1. The fourth-order valence-electron chi connectivity index (χ4n) is 2.54. The van der Waals surface area contributed by atoms with Crippen LogP contribution in [0.1, 0.15) is 25.1 Å². The molecule has 0 spiro atoms. The van der Waals surface area contributed by atoms with E-state index in [9.17, 15) is 0 Å². The molecule has 0 radical (unpaired) electrons. The smallest absolute Gasteiger partial charge is 0.0497 e. The van der Waals surface area contributed by atoms with E-state index in [1.54, 1.807) is 0 Å². The topological polar surface area (TPSA) is 24.9 Å². The second kappa shape index (κ2) is 8.68. The Labute approximate surface area is 144 Å². The number of hydrogen-bond acceptors (Lipinski definition) is 2. The molecule has 2 nitrogen and oxygen atoms in total. The number of nitrogens with one attached hydrogen (secondary N) is 1. The fourth-order valence-corrected chi connectivity index (χ4v) is 2.54. The summed E-state index contributed by atoms with van der Waals surface area (Å²) >= 11 is 0. The molecule has 0 aliphatic carbocycles. The Morgan fingerprint density at radius 1 is 0.958 bits per heavy atom. The molecule has 0 saturated carbocycles. The lowest BCUT2D eigenvalue weighted by atomic mass is 10.0. The molecule has 1 heterocycles. The molecule has 0 aliphatic rings. The number of aryl methyl sites for hydroxylation is 1. The molecule has 3 rings (SSSR count). The van der Waals surface area contributed by atoms with Crippen LogP contribution in [-0.2, 0) is 0 Å². The van der Waals surface area contributed by atoms with E-state index in [0.717, 1.165) is 33.8 Å². The Morgan fingerprint density at radius 3 is 2.42 bits per heavy atom. The van der Waals surface area contributed by atoms with Crippen molar-refractivity contribution in [2.45, 2.75) is 20.8 Å². The van der Waals surface area contributed by atoms with E-state index in [-0.39, 0.29) is 0 Å². The Kier molecular flexibility index (Phi) is 6.32. The van der Waals surface area contributed by atoms with Gasteiger partial charge in [-0.1, -0.05) is 69.0 Å². The number of pyridine rings is 1. The minimum atomic E-state index is 1.01. The Balaban J connectivity index is 0.00000100. The van der Waals surface area contributed by atoms with Crippen molar-refractivity contribution in [3.05, 3.63) is 84.7 Å². The third-order valence-corrected chi connectivity index (χ3v) is 3.60. The maximum atomic E-state index is 4.44. The van der Waals surface area contributed by atoms with Gasteiger partial charge in [0.1, 0.15) is 0 Å². The lowest BCUT2D eigenvalue weighted by Gasteiger charge is -2.14. The van der Waals surface area contributed by atoms with Crippen molar-refractivity contribution < 1.29 is 0 Å². The van der Waals surface area contributed by atoms with Crippen LogP contribution >= 0.6 is 0 Å². The lowest BCUT2D eigenvalue weighted by molar-refractivity contribution is 1.20. The van der Waals surface area contributed by atoms with Crippen LogP contribution in [0.25, 0.3) is 17.2 Å². The maximum Gasteiger partial charge on any atom is 0.0497 e. The zero-order valence-electron chi connectivity index (χ0n) is 14.6. The molecule has 0 unspecified atom stereocenters. The Morgan fingerprint density at radius 2 is 1.71 bits per heavy atom. The van der Waals surface area contributed by atoms with E-state index in [1.165, 1.54) is 0 Å². The molecule has 0 bridgehead atoms. The van der Waals surface area contributed by atoms with Crippen molar-refractivity contribution in [2.75, 3.05) is 5.32 Å². The molecule has 0 amide bonds. The monoisotopic (exact) mass is 316 g/mol. The minimum Gasteiger partial charge on any atom is -0.355 e. The van der Waals surface area contributed by atoms with Gasteiger partial charge >= 0.3 is 0 Å². The fraction of sp³-hybridized carbons (Fsp3) is 0.136. The molecule has 0 saturated heterocycles. The van der Waals surface area contributed by atoms with E-state index in [0.29, 0.717) is 0 Å². The summed E-state index contributed by atoms with van der Waals surface area (Å²) in [4.78, 5) is 4.44. The summed E-state index contributed by atoms with van der Waals surface area (Å²) in [5.41, 5.74) is 6.50. The van der Waals surface area contributed by atoms with Crippen molar-refractivity contribution in [2.24, 2.45) is 0 Å². The van der Waals surface area contributed by atoms with Gasteiger partial charge in [0.05, 0.1) is 0 Å². The maximum absolute atomic E-state index is 4.44. The molecule has 3 aromatic rings. The van der Waals surface area contributed by atoms with Crippen molar-refractivity contribution in [3.63, 3.8) is 0 Å². The molecular weight excluding hydrogens is 292 g/mol. The van der Waals surface area contributed by atoms with E-state index in [4.69, 9.17) is 0 Å². The van der Waals surface area contributed by atoms with Gasteiger partial charge in [-0.3, -0.25) is 4.98 Å². The molecule has 2 heteroatoms. The van der Waals surface area contributed by atoms with Gasteiger partial charge in [-0.25, -0.2) is 0 Å². The van der Waals surface area contributed by atoms with E-state index in [1.807, 2.05) is 69.4 Å². The standard InChI is InChI=1S/C20H18N2.C2H6/c1-3-16-8-7-11-18(14-16)22-19-12-13-21-15(2)20(19)17-9-5-4-6-10-17;1-2/h3-14H,1H2,2H3,(H,21,22);1-2H3. The van der Waals surface area contributed by atoms with Gasteiger partial charge in [-0.15, -0.1) is 0 Å². The van der Waals surface area contributed by atoms with Gasteiger partial charge in [-0.2, -0.15) is 0 Å². The van der Waals surface area contributed by atoms with Gasteiger partial charge in [0.25, 0.3) is 0 Å². The Hall–Kier alpha value is -2.87. The zero-order chi connectivity index (χ0) is 17.4. The van der Waals surface area contributed by atoms with Gasteiger partial charge in [-0.05, 0) is 36.2 Å². The van der Waals surface area contributed by atoms with Crippen LogP contribution in [0.4, 0.5) is 11.4 Å². The molecular formula is C22H24N2. The van der Waals surface area contributed by atoms with Crippen LogP contribution in [0.15, 0.2) is 73.4 Å². The number of anilines is 2. The minimum absolute atomic E-state index is 1.01. The van der Waals surface area contributed by atoms with Crippen LogP contribution in [-0.4, -0.2) is 4.98 Å². The first-order chi connectivity index (χ1) is 11.8. The first-order valence-electron chi connectivity index (χ1n) is 8.28. The second-order valence-corrected chi connectivity index (χ2v) is 5.14. The summed E-state index contributed by atoms with van der Waals surface area (Å²) in [5, 5.41) is 3.50. The van der Waals surface area contributed by atoms with Crippen molar-refractivity contribution >= 4 is 17.5 Å². The number of nitrogens with zero attached hydrogens (tertiary/aromatic N) is 1. The second-order valence-electron chi connectivity index (χ2n) is 5.14. The average Bonchev–Trinajstić information content (AvgIpc) is 2.64. The average molecular weight is 316 g/mol. The van der Waals surface area contributed by atoms with Crippen LogP contribution < -0.4 is 5.32 Å². The van der Waals surface area contributed by atoms with Crippen LogP contribution in [0.2, 0.25) is 0 Å². The first-order valence-corrected chi connectivity index (χ1v) is 8.28. The molecule has 1 N–H and O–H groups in total. The van der Waals surface area contributed by atoms with Crippen LogP contribution in [0.3, 0.4) is 0 Å². The third-order valence-electron chi connectivity index (χ3n) is 3.60. The largest absolute Gasteiger partial charge is 0.355 e. The normalized spacial score (nSPS) is 9.62. The first kappa shape index (κ1) is 17.5. The highest BCUT2D eigenvalue weighted by Crippen LogP contribution is 2.32. The van der Waals surface area contributed by atoms with Gasteiger partial charge in [0.2, 0.25) is 0 Å². The third kappa shape index (κ3) is 4.11. The molecule has 1 aromatic heterocycles. The molecule has 24 heavy (non-hydrogen) atoms. The summed E-state index contributed by atoms with van der Waals surface area (Å²) in [6, 6.07) is 20.5. The zero-order valence-corrected chi connectivity index (χ0v) is 14.6. The molecule has 122 valence electrons. The van der Waals surface area contributed by atoms with E-state index in [2.05, 4.69) is 41.1 Å².